The Bertz CT molecular complexity index is 405. The lowest BCUT2D eigenvalue weighted by Gasteiger charge is -2.20. The summed E-state index contributed by atoms with van der Waals surface area (Å²) in [7, 11) is 0. The van der Waals surface area contributed by atoms with Crippen LogP contribution in [-0.4, -0.2) is 24.2 Å². The third-order valence-corrected chi connectivity index (χ3v) is 3.90. The SMILES string of the molecule is CCC(CC)NC(=O)C(C)Nc1cccc(SC)c1. The van der Waals surface area contributed by atoms with Crippen LogP contribution in [0.25, 0.3) is 0 Å². The molecule has 0 saturated heterocycles. The molecule has 0 aliphatic heterocycles. The van der Waals surface area contributed by atoms with Gasteiger partial charge in [-0.3, -0.25) is 4.79 Å². The first-order chi connectivity index (χ1) is 9.10. The minimum atomic E-state index is -0.224. The van der Waals surface area contributed by atoms with Crippen molar-refractivity contribution in [2.45, 2.75) is 50.6 Å². The normalized spacial score (nSPS) is 12.3. The summed E-state index contributed by atoms with van der Waals surface area (Å²) >= 11 is 1.70. The molecule has 0 aliphatic carbocycles. The number of carbonyl (C=O) groups is 1. The Hall–Kier alpha value is -1.16. The van der Waals surface area contributed by atoms with Gasteiger partial charge in [-0.05, 0) is 44.2 Å². The summed E-state index contributed by atoms with van der Waals surface area (Å²) in [5.74, 6) is 0.0586. The van der Waals surface area contributed by atoms with Gasteiger partial charge in [0.15, 0.2) is 0 Å². The highest BCUT2D eigenvalue weighted by molar-refractivity contribution is 7.98. The Balaban J connectivity index is 2.57. The molecule has 1 unspecified atom stereocenters. The second-order valence-corrected chi connectivity index (χ2v) is 5.50. The average molecular weight is 280 g/mol. The van der Waals surface area contributed by atoms with Gasteiger partial charge >= 0.3 is 0 Å². The number of nitrogens with one attached hydrogen (secondary N) is 2. The number of benzene rings is 1. The van der Waals surface area contributed by atoms with E-state index in [2.05, 4.69) is 36.6 Å². The standard InChI is InChI=1S/C15H24N2OS/c1-5-12(6-2)17-15(18)11(3)16-13-8-7-9-14(10-13)19-4/h7-12,16H,5-6H2,1-4H3,(H,17,18). The van der Waals surface area contributed by atoms with Gasteiger partial charge in [0.05, 0.1) is 0 Å². The van der Waals surface area contributed by atoms with Crippen molar-refractivity contribution in [1.29, 1.82) is 0 Å². The molecule has 0 aliphatic rings. The van der Waals surface area contributed by atoms with Crippen LogP contribution in [0.2, 0.25) is 0 Å². The number of anilines is 1. The highest BCUT2D eigenvalue weighted by Gasteiger charge is 2.15. The summed E-state index contributed by atoms with van der Waals surface area (Å²) in [6, 6.07) is 8.16. The number of hydrogen-bond donors (Lipinski definition) is 2. The minimum absolute atomic E-state index is 0.0586. The molecule has 0 bridgehead atoms. The highest BCUT2D eigenvalue weighted by Crippen LogP contribution is 2.19. The summed E-state index contributed by atoms with van der Waals surface area (Å²) in [4.78, 5) is 13.2. The molecule has 0 fully saturated rings. The maximum absolute atomic E-state index is 12.1. The fraction of sp³-hybridized carbons (Fsp3) is 0.533. The van der Waals surface area contributed by atoms with Crippen molar-refractivity contribution >= 4 is 23.4 Å². The first kappa shape index (κ1) is 15.9. The van der Waals surface area contributed by atoms with Crippen LogP contribution in [0.15, 0.2) is 29.2 Å². The van der Waals surface area contributed by atoms with E-state index >= 15 is 0 Å². The lowest BCUT2D eigenvalue weighted by atomic mass is 10.1. The predicted octanol–water partition coefficient (Wildman–Crippen LogP) is 3.51. The van der Waals surface area contributed by atoms with Crippen molar-refractivity contribution in [3.63, 3.8) is 0 Å². The smallest absolute Gasteiger partial charge is 0.242 e. The van der Waals surface area contributed by atoms with Gasteiger partial charge in [-0.25, -0.2) is 0 Å². The number of hydrogen-bond acceptors (Lipinski definition) is 3. The van der Waals surface area contributed by atoms with Gasteiger partial charge in [0, 0.05) is 16.6 Å². The van der Waals surface area contributed by atoms with E-state index in [0.29, 0.717) is 0 Å². The van der Waals surface area contributed by atoms with Gasteiger partial charge in [-0.15, -0.1) is 11.8 Å². The molecule has 19 heavy (non-hydrogen) atoms. The molecule has 1 rings (SSSR count). The Morgan fingerprint density at radius 2 is 2.00 bits per heavy atom. The molecule has 1 amide bonds. The first-order valence-electron chi connectivity index (χ1n) is 6.81. The molecule has 2 N–H and O–H groups in total. The van der Waals surface area contributed by atoms with E-state index in [4.69, 9.17) is 0 Å². The summed E-state index contributed by atoms with van der Waals surface area (Å²) in [6.45, 7) is 6.08. The van der Waals surface area contributed by atoms with Gasteiger partial charge < -0.3 is 10.6 Å². The van der Waals surface area contributed by atoms with Gasteiger partial charge in [0.2, 0.25) is 5.91 Å². The lowest BCUT2D eigenvalue weighted by molar-refractivity contribution is -0.122. The van der Waals surface area contributed by atoms with E-state index in [1.807, 2.05) is 25.3 Å². The zero-order valence-electron chi connectivity index (χ0n) is 12.2. The van der Waals surface area contributed by atoms with E-state index in [1.165, 1.54) is 4.90 Å². The van der Waals surface area contributed by atoms with E-state index in [-0.39, 0.29) is 18.0 Å². The molecule has 4 heteroatoms. The van der Waals surface area contributed by atoms with Crippen LogP contribution < -0.4 is 10.6 Å². The van der Waals surface area contributed by atoms with Crippen LogP contribution in [0.5, 0.6) is 0 Å². The second kappa shape index (κ2) is 8.10. The van der Waals surface area contributed by atoms with Crippen LogP contribution in [-0.2, 0) is 4.79 Å². The molecular weight excluding hydrogens is 256 g/mol. The molecule has 0 heterocycles. The van der Waals surface area contributed by atoms with Gasteiger partial charge in [-0.2, -0.15) is 0 Å². The van der Waals surface area contributed by atoms with Crippen molar-refractivity contribution in [1.82, 2.24) is 5.32 Å². The van der Waals surface area contributed by atoms with Crippen LogP contribution in [0, 0.1) is 0 Å². The topological polar surface area (TPSA) is 41.1 Å². The summed E-state index contributed by atoms with van der Waals surface area (Å²) in [5, 5.41) is 6.30. The Kier molecular flexibility index (Phi) is 6.78. The van der Waals surface area contributed by atoms with E-state index < -0.39 is 0 Å². The summed E-state index contributed by atoms with van der Waals surface area (Å²) in [6.07, 6.45) is 3.98. The molecule has 0 aromatic heterocycles. The quantitative estimate of drug-likeness (QED) is 0.751. The van der Waals surface area contributed by atoms with Crippen molar-refractivity contribution in [3.05, 3.63) is 24.3 Å². The average Bonchev–Trinajstić information content (AvgIpc) is 2.44. The van der Waals surface area contributed by atoms with Gasteiger partial charge in [0.1, 0.15) is 6.04 Å². The van der Waals surface area contributed by atoms with Crippen molar-refractivity contribution in [3.8, 4) is 0 Å². The Morgan fingerprint density at radius 3 is 2.58 bits per heavy atom. The van der Waals surface area contributed by atoms with Crippen molar-refractivity contribution < 1.29 is 4.79 Å². The van der Waals surface area contributed by atoms with E-state index in [0.717, 1.165) is 18.5 Å². The van der Waals surface area contributed by atoms with E-state index in [9.17, 15) is 4.79 Å². The van der Waals surface area contributed by atoms with E-state index in [1.54, 1.807) is 11.8 Å². The van der Waals surface area contributed by atoms with Crippen LogP contribution in [0.3, 0.4) is 0 Å². The van der Waals surface area contributed by atoms with Gasteiger partial charge in [0.25, 0.3) is 0 Å². The third-order valence-electron chi connectivity index (χ3n) is 3.18. The zero-order valence-corrected chi connectivity index (χ0v) is 13.0. The number of thioether (sulfide) groups is 1. The highest BCUT2D eigenvalue weighted by atomic mass is 32.2. The summed E-state index contributed by atoms with van der Waals surface area (Å²) in [5.41, 5.74) is 0.985. The van der Waals surface area contributed by atoms with Crippen LogP contribution in [0.1, 0.15) is 33.6 Å². The Morgan fingerprint density at radius 1 is 1.32 bits per heavy atom. The number of amides is 1. The molecule has 0 saturated carbocycles. The lowest BCUT2D eigenvalue weighted by Crippen LogP contribution is -2.42. The number of rotatable bonds is 7. The fourth-order valence-electron chi connectivity index (χ4n) is 1.85. The molecule has 0 spiro atoms. The first-order valence-corrected chi connectivity index (χ1v) is 8.04. The van der Waals surface area contributed by atoms with Crippen LogP contribution in [0.4, 0.5) is 5.69 Å². The van der Waals surface area contributed by atoms with Crippen molar-refractivity contribution in [2.75, 3.05) is 11.6 Å². The molecule has 1 aromatic carbocycles. The summed E-state index contributed by atoms with van der Waals surface area (Å²) < 4.78 is 0. The number of carbonyl (C=O) groups excluding carboxylic acids is 1. The molecule has 1 aromatic rings. The maximum atomic E-state index is 12.1. The largest absolute Gasteiger partial charge is 0.374 e. The third kappa shape index (κ3) is 5.15. The van der Waals surface area contributed by atoms with Crippen molar-refractivity contribution in [2.24, 2.45) is 0 Å². The molecule has 106 valence electrons. The monoisotopic (exact) mass is 280 g/mol. The minimum Gasteiger partial charge on any atom is -0.374 e. The molecule has 1 atom stereocenters. The molecule has 3 nitrogen and oxygen atoms in total. The van der Waals surface area contributed by atoms with Crippen LogP contribution >= 0.6 is 11.8 Å². The second-order valence-electron chi connectivity index (χ2n) is 4.62. The maximum Gasteiger partial charge on any atom is 0.242 e. The predicted molar refractivity (Wildman–Crippen MR) is 83.8 cm³/mol. The zero-order chi connectivity index (χ0) is 14.3. The Labute approximate surface area is 120 Å². The molecule has 0 radical (unpaired) electrons. The fourth-order valence-corrected chi connectivity index (χ4v) is 2.31. The molecular formula is C15H24N2OS. The van der Waals surface area contributed by atoms with Gasteiger partial charge in [-0.1, -0.05) is 19.9 Å².